The molecule has 3 rings (SSSR count). The minimum absolute atomic E-state index is 0.246. The van der Waals surface area contributed by atoms with E-state index in [4.69, 9.17) is 14.2 Å². The Morgan fingerprint density at radius 1 is 1.28 bits per heavy atom. The predicted molar refractivity (Wildman–Crippen MR) is 144 cm³/mol. The molecule has 0 bridgehead atoms. The molecule has 36 heavy (non-hydrogen) atoms. The van der Waals surface area contributed by atoms with Crippen LogP contribution in [0.4, 0.5) is 0 Å². The number of halogens is 1. The van der Waals surface area contributed by atoms with Gasteiger partial charge >= 0.3 is 5.97 Å². The monoisotopic (exact) mass is 555 g/mol. The lowest BCUT2D eigenvalue weighted by Crippen LogP contribution is -2.25. The van der Waals surface area contributed by atoms with Gasteiger partial charge in [-0.2, -0.15) is 9.78 Å². The Kier molecular flexibility index (Phi) is 9.41. The molecule has 190 valence electrons. The van der Waals surface area contributed by atoms with Crippen molar-refractivity contribution in [3.05, 3.63) is 74.8 Å². The number of hydrogen-bond donors (Lipinski definition) is 0. The first kappa shape index (κ1) is 27.1. The number of aryl methyl sites for hydroxylation is 1. The molecule has 3 aromatic rings. The second-order valence-corrected chi connectivity index (χ2v) is 8.93. The topological polar surface area (TPSA) is 92.0 Å². The van der Waals surface area contributed by atoms with Gasteiger partial charge in [0, 0.05) is 16.5 Å². The van der Waals surface area contributed by atoms with Crippen LogP contribution >= 0.6 is 15.9 Å². The van der Waals surface area contributed by atoms with Crippen LogP contribution in [0.3, 0.4) is 0 Å². The number of benzene rings is 2. The smallest absolute Gasteiger partial charge is 0.346 e. The molecule has 2 aromatic carbocycles. The summed E-state index contributed by atoms with van der Waals surface area (Å²) in [6.45, 7) is 9.71. The van der Waals surface area contributed by atoms with E-state index in [2.05, 4.69) is 32.6 Å². The summed E-state index contributed by atoms with van der Waals surface area (Å²) in [6.07, 6.45) is 4.38. The highest BCUT2D eigenvalue weighted by Crippen LogP contribution is 2.34. The molecule has 0 aliphatic rings. The molecule has 8 nitrogen and oxygen atoms in total. The minimum atomic E-state index is -0.824. The van der Waals surface area contributed by atoms with Crippen LogP contribution in [0.5, 0.6) is 11.5 Å². The fraction of sp³-hybridized carbons (Fsp3) is 0.333. The summed E-state index contributed by atoms with van der Waals surface area (Å²) >= 11 is 3.42. The number of rotatable bonds is 11. The van der Waals surface area contributed by atoms with Crippen LogP contribution in [-0.2, 0) is 22.4 Å². The van der Waals surface area contributed by atoms with Crippen molar-refractivity contribution in [1.29, 1.82) is 0 Å². The second kappa shape index (κ2) is 12.5. The lowest BCUT2D eigenvalue weighted by atomic mass is 10.1. The van der Waals surface area contributed by atoms with Crippen molar-refractivity contribution in [2.24, 2.45) is 5.10 Å². The number of methoxy groups -OCH3 is 1. The minimum Gasteiger partial charge on any atom is -0.490 e. The maximum Gasteiger partial charge on any atom is 0.346 e. The number of carbonyl (C=O) groups excluding carboxylic acids is 1. The highest BCUT2D eigenvalue weighted by Gasteiger charge is 2.21. The fourth-order valence-electron chi connectivity index (χ4n) is 3.68. The molecule has 1 heterocycles. The van der Waals surface area contributed by atoms with Gasteiger partial charge < -0.3 is 14.2 Å². The first-order valence-corrected chi connectivity index (χ1v) is 12.5. The third-order valence-corrected chi connectivity index (χ3v) is 5.81. The van der Waals surface area contributed by atoms with E-state index in [1.54, 1.807) is 31.3 Å². The molecule has 1 atom stereocenters. The molecule has 0 N–H and O–H groups in total. The Morgan fingerprint density at radius 2 is 2.06 bits per heavy atom. The van der Waals surface area contributed by atoms with E-state index in [0.717, 1.165) is 16.5 Å². The molecule has 0 radical (unpaired) electrons. The largest absolute Gasteiger partial charge is 0.490 e. The Bertz CT molecular complexity index is 1350. The Labute approximate surface area is 218 Å². The van der Waals surface area contributed by atoms with Gasteiger partial charge in [-0.05, 0) is 62.6 Å². The number of ether oxygens (including phenoxy) is 3. The van der Waals surface area contributed by atoms with E-state index < -0.39 is 12.1 Å². The van der Waals surface area contributed by atoms with Gasteiger partial charge in [-0.3, -0.25) is 4.79 Å². The number of nitrogens with zero attached hydrogens (tertiary/aromatic N) is 3. The summed E-state index contributed by atoms with van der Waals surface area (Å²) in [5.74, 6) is 0.978. The van der Waals surface area contributed by atoms with Gasteiger partial charge in [-0.15, -0.1) is 6.58 Å². The number of allylic oxidation sites excluding steroid dienone is 1. The van der Waals surface area contributed by atoms with E-state index in [1.165, 1.54) is 11.8 Å². The average molecular weight is 556 g/mol. The zero-order chi connectivity index (χ0) is 26.2. The van der Waals surface area contributed by atoms with Crippen molar-refractivity contribution < 1.29 is 19.0 Å². The van der Waals surface area contributed by atoms with Crippen LogP contribution in [0, 0.1) is 0 Å². The molecule has 0 saturated heterocycles. The van der Waals surface area contributed by atoms with Gasteiger partial charge in [0.1, 0.15) is 5.82 Å². The van der Waals surface area contributed by atoms with Crippen molar-refractivity contribution in [3.8, 4) is 11.5 Å². The summed E-state index contributed by atoms with van der Waals surface area (Å²) in [4.78, 5) is 29.9. The molecule has 0 saturated carbocycles. The second-order valence-electron chi connectivity index (χ2n) is 8.02. The van der Waals surface area contributed by atoms with Crippen molar-refractivity contribution in [1.82, 2.24) is 9.66 Å². The van der Waals surface area contributed by atoms with Crippen molar-refractivity contribution in [3.63, 3.8) is 0 Å². The molecule has 9 heteroatoms. The summed E-state index contributed by atoms with van der Waals surface area (Å²) in [5.41, 5.74) is 1.84. The van der Waals surface area contributed by atoms with E-state index in [9.17, 15) is 9.59 Å². The summed E-state index contributed by atoms with van der Waals surface area (Å²) in [5, 5.41) is 4.99. The van der Waals surface area contributed by atoms with Gasteiger partial charge in [0.25, 0.3) is 5.56 Å². The quantitative estimate of drug-likeness (QED) is 0.186. The summed E-state index contributed by atoms with van der Waals surface area (Å²) in [7, 11) is 1.31. The van der Waals surface area contributed by atoms with Crippen LogP contribution in [0.15, 0.2) is 57.4 Å². The third-order valence-electron chi connectivity index (χ3n) is 5.32. The van der Waals surface area contributed by atoms with Crippen LogP contribution in [0.25, 0.3) is 10.9 Å². The maximum atomic E-state index is 13.3. The predicted octanol–water partition coefficient (Wildman–Crippen LogP) is 5.06. The van der Waals surface area contributed by atoms with E-state index in [0.29, 0.717) is 53.2 Å². The molecule has 0 aliphatic carbocycles. The number of esters is 1. The molecular weight excluding hydrogens is 526 g/mol. The Hall–Kier alpha value is -3.46. The molecule has 0 spiro atoms. The van der Waals surface area contributed by atoms with E-state index in [1.807, 2.05) is 32.0 Å². The number of carbonyl (C=O) groups is 1. The zero-order valence-electron chi connectivity index (χ0n) is 20.9. The highest BCUT2D eigenvalue weighted by molar-refractivity contribution is 9.10. The first-order chi connectivity index (χ1) is 17.3. The average Bonchev–Trinajstić information content (AvgIpc) is 2.86. The van der Waals surface area contributed by atoms with Crippen molar-refractivity contribution >= 4 is 39.0 Å². The van der Waals surface area contributed by atoms with Crippen LogP contribution in [-0.4, -0.2) is 41.7 Å². The van der Waals surface area contributed by atoms with E-state index in [-0.39, 0.29) is 5.56 Å². The van der Waals surface area contributed by atoms with Crippen LogP contribution in [0.2, 0.25) is 0 Å². The van der Waals surface area contributed by atoms with Crippen LogP contribution in [0.1, 0.15) is 44.1 Å². The van der Waals surface area contributed by atoms with Gasteiger partial charge in [0.15, 0.2) is 17.6 Å². The molecule has 0 unspecified atom stereocenters. The van der Waals surface area contributed by atoms with Crippen molar-refractivity contribution in [2.45, 2.75) is 46.1 Å². The third kappa shape index (κ3) is 6.20. The Balaban J connectivity index is 2.11. The normalized spacial score (nSPS) is 12.0. The molecular formula is C27H30BrN3O5. The number of hydrogen-bond acceptors (Lipinski definition) is 7. The first-order valence-electron chi connectivity index (χ1n) is 11.7. The van der Waals surface area contributed by atoms with Gasteiger partial charge in [0.2, 0.25) is 0 Å². The standard InChI is InChI=1S/C27H30BrN3O5/c1-6-9-19-13-18(14-23(35-8-3)25(19)36-17(4)27(33)34-5)16-29-31-24(10-7-2)30-22-12-11-20(28)15-21(22)26(31)32/h6,11-17H,1,7-10H2,2-5H3/t17-/m1/s1. The molecule has 0 fully saturated rings. The SMILES string of the molecule is C=CCc1cc(C=Nn2c(CCC)nc3ccc(Br)cc3c2=O)cc(OCC)c1O[C@H](C)C(=O)OC. The van der Waals surface area contributed by atoms with Gasteiger partial charge in [-0.25, -0.2) is 9.78 Å². The molecule has 0 aliphatic heterocycles. The summed E-state index contributed by atoms with van der Waals surface area (Å²) in [6, 6.07) is 9.05. The molecule has 0 amide bonds. The summed E-state index contributed by atoms with van der Waals surface area (Å²) < 4.78 is 18.7. The Morgan fingerprint density at radius 3 is 2.72 bits per heavy atom. The number of aromatic nitrogens is 2. The maximum absolute atomic E-state index is 13.3. The molecule has 1 aromatic heterocycles. The lowest BCUT2D eigenvalue weighted by Gasteiger charge is -2.19. The fourth-order valence-corrected chi connectivity index (χ4v) is 4.04. The van der Waals surface area contributed by atoms with Gasteiger partial charge in [-0.1, -0.05) is 28.9 Å². The highest BCUT2D eigenvalue weighted by atomic mass is 79.9. The van der Waals surface area contributed by atoms with Crippen LogP contribution < -0.4 is 15.0 Å². The van der Waals surface area contributed by atoms with Crippen molar-refractivity contribution in [2.75, 3.05) is 13.7 Å². The lowest BCUT2D eigenvalue weighted by molar-refractivity contribution is -0.147. The number of fused-ring (bicyclic) bond motifs is 1. The van der Waals surface area contributed by atoms with E-state index >= 15 is 0 Å². The van der Waals surface area contributed by atoms with Gasteiger partial charge in [0.05, 0.1) is 30.8 Å². The zero-order valence-corrected chi connectivity index (χ0v) is 22.5.